The summed E-state index contributed by atoms with van der Waals surface area (Å²) in [4.78, 5) is 34.4. The molecule has 1 N–H and O–H groups in total. The van der Waals surface area contributed by atoms with E-state index in [0.717, 1.165) is 24.0 Å². The fraction of sp³-hybridized carbons (Fsp3) is 0.391. The maximum absolute atomic E-state index is 13.2. The summed E-state index contributed by atoms with van der Waals surface area (Å²) >= 11 is 5.98. The average molecular weight is 457 g/mol. The number of aryl methyl sites for hydroxylation is 1. The molecule has 1 unspecified atom stereocenters. The molecule has 9 heteroatoms. The minimum Gasteiger partial charge on any atom is -0.464 e. The normalized spacial score (nSPS) is 15.4. The summed E-state index contributed by atoms with van der Waals surface area (Å²) < 4.78 is 12.1. The fourth-order valence-electron chi connectivity index (χ4n) is 4.04. The van der Waals surface area contributed by atoms with Crippen LogP contribution in [0.15, 0.2) is 29.1 Å². The van der Waals surface area contributed by atoms with Crippen LogP contribution in [0.1, 0.15) is 53.2 Å². The SMILES string of the molecule is COC(=O)c1nc(Cl)ccc1NC(C)c1cc(C)cc2c(=O)n(C)c(C3(OC)CC3)nc12. The summed E-state index contributed by atoms with van der Waals surface area (Å²) in [6.07, 6.45) is 1.65. The Morgan fingerprint density at radius 1 is 1.25 bits per heavy atom. The predicted molar refractivity (Wildman–Crippen MR) is 122 cm³/mol. The van der Waals surface area contributed by atoms with Crippen molar-refractivity contribution in [2.75, 3.05) is 19.5 Å². The molecule has 32 heavy (non-hydrogen) atoms. The van der Waals surface area contributed by atoms with E-state index in [9.17, 15) is 9.59 Å². The topological polar surface area (TPSA) is 95.3 Å². The van der Waals surface area contributed by atoms with Crippen LogP contribution in [0.4, 0.5) is 5.69 Å². The van der Waals surface area contributed by atoms with Crippen molar-refractivity contribution in [3.63, 3.8) is 0 Å². The number of ether oxygens (including phenoxy) is 2. The van der Waals surface area contributed by atoms with Crippen LogP contribution in [0.3, 0.4) is 0 Å². The van der Waals surface area contributed by atoms with Crippen molar-refractivity contribution in [2.24, 2.45) is 7.05 Å². The van der Waals surface area contributed by atoms with Gasteiger partial charge in [-0.15, -0.1) is 0 Å². The first kappa shape index (κ1) is 22.2. The van der Waals surface area contributed by atoms with Gasteiger partial charge >= 0.3 is 5.97 Å². The second-order valence-corrected chi connectivity index (χ2v) is 8.52. The highest BCUT2D eigenvalue weighted by Crippen LogP contribution is 2.47. The number of hydrogen-bond donors (Lipinski definition) is 1. The lowest BCUT2D eigenvalue weighted by atomic mass is 10.0. The molecule has 1 aromatic carbocycles. The first-order chi connectivity index (χ1) is 15.2. The van der Waals surface area contributed by atoms with Crippen LogP contribution in [0.25, 0.3) is 10.9 Å². The Balaban J connectivity index is 1.85. The quantitative estimate of drug-likeness (QED) is 0.444. The highest BCUT2D eigenvalue weighted by atomic mass is 35.5. The molecule has 1 atom stereocenters. The summed E-state index contributed by atoms with van der Waals surface area (Å²) in [5, 5.41) is 4.03. The van der Waals surface area contributed by atoms with E-state index in [0.29, 0.717) is 22.4 Å². The number of nitrogens with zero attached hydrogens (tertiary/aromatic N) is 3. The van der Waals surface area contributed by atoms with Gasteiger partial charge in [0.25, 0.3) is 5.56 Å². The van der Waals surface area contributed by atoms with Crippen LogP contribution in [0.2, 0.25) is 5.15 Å². The smallest absolute Gasteiger partial charge is 0.358 e. The van der Waals surface area contributed by atoms with Crippen molar-refractivity contribution in [3.05, 3.63) is 62.4 Å². The van der Waals surface area contributed by atoms with E-state index in [1.54, 1.807) is 30.9 Å². The number of nitrogens with one attached hydrogen (secondary N) is 1. The van der Waals surface area contributed by atoms with E-state index in [-0.39, 0.29) is 22.4 Å². The highest BCUT2D eigenvalue weighted by molar-refractivity contribution is 6.29. The zero-order valence-corrected chi connectivity index (χ0v) is 19.4. The molecule has 2 aromatic heterocycles. The molecule has 1 aliphatic carbocycles. The first-order valence-corrected chi connectivity index (χ1v) is 10.7. The lowest BCUT2D eigenvalue weighted by Crippen LogP contribution is -2.29. The van der Waals surface area contributed by atoms with Gasteiger partial charge in [-0.05, 0) is 50.5 Å². The summed E-state index contributed by atoms with van der Waals surface area (Å²) in [6.45, 7) is 3.87. The lowest BCUT2D eigenvalue weighted by molar-refractivity contribution is 0.0595. The Morgan fingerprint density at radius 2 is 1.97 bits per heavy atom. The van der Waals surface area contributed by atoms with Gasteiger partial charge < -0.3 is 14.8 Å². The predicted octanol–water partition coefficient (Wildman–Crippen LogP) is 3.89. The van der Waals surface area contributed by atoms with E-state index in [4.69, 9.17) is 26.1 Å². The molecule has 0 saturated heterocycles. The van der Waals surface area contributed by atoms with Gasteiger partial charge in [0, 0.05) is 19.7 Å². The second-order valence-electron chi connectivity index (χ2n) is 8.14. The number of pyridine rings is 1. The van der Waals surface area contributed by atoms with Gasteiger partial charge in [-0.25, -0.2) is 14.8 Å². The molecule has 0 amide bonds. The van der Waals surface area contributed by atoms with Gasteiger partial charge in [0.15, 0.2) is 5.69 Å². The van der Waals surface area contributed by atoms with Gasteiger partial charge in [-0.2, -0.15) is 0 Å². The monoisotopic (exact) mass is 456 g/mol. The van der Waals surface area contributed by atoms with Crippen molar-refractivity contribution in [3.8, 4) is 0 Å². The number of carbonyl (C=O) groups excluding carboxylic acids is 1. The van der Waals surface area contributed by atoms with Crippen LogP contribution in [-0.4, -0.2) is 34.7 Å². The number of anilines is 1. The summed E-state index contributed by atoms with van der Waals surface area (Å²) in [5.41, 5.74) is 2.30. The summed E-state index contributed by atoms with van der Waals surface area (Å²) in [5.74, 6) is 0.0274. The van der Waals surface area contributed by atoms with E-state index in [2.05, 4.69) is 10.3 Å². The van der Waals surface area contributed by atoms with Crippen molar-refractivity contribution >= 4 is 34.2 Å². The molecule has 8 nitrogen and oxygen atoms in total. The minimum atomic E-state index is -0.596. The van der Waals surface area contributed by atoms with E-state index < -0.39 is 11.6 Å². The van der Waals surface area contributed by atoms with Crippen LogP contribution < -0.4 is 10.9 Å². The van der Waals surface area contributed by atoms with Gasteiger partial charge in [0.1, 0.15) is 16.6 Å². The van der Waals surface area contributed by atoms with Gasteiger partial charge in [0.2, 0.25) is 0 Å². The number of fused-ring (bicyclic) bond motifs is 1. The number of methoxy groups -OCH3 is 2. The van der Waals surface area contributed by atoms with Crippen LogP contribution in [0.5, 0.6) is 0 Å². The van der Waals surface area contributed by atoms with Crippen LogP contribution in [0, 0.1) is 6.92 Å². The number of esters is 1. The Kier molecular flexibility index (Phi) is 5.68. The molecule has 4 rings (SSSR count). The molecule has 0 radical (unpaired) electrons. The van der Waals surface area contributed by atoms with E-state index in [1.165, 1.54) is 7.11 Å². The third kappa shape index (κ3) is 3.73. The Hall–Kier alpha value is -2.97. The van der Waals surface area contributed by atoms with Gasteiger partial charge in [0.05, 0.1) is 29.7 Å². The highest BCUT2D eigenvalue weighted by Gasteiger charge is 2.48. The third-order valence-electron chi connectivity index (χ3n) is 5.94. The van der Waals surface area contributed by atoms with Crippen molar-refractivity contribution in [2.45, 2.75) is 38.3 Å². The van der Waals surface area contributed by atoms with Crippen LogP contribution in [-0.2, 0) is 22.1 Å². The number of halogens is 1. The first-order valence-electron chi connectivity index (χ1n) is 10.3. The van der Waals surface area contributed by atoms with E-state index >= 15 is 0 Å². The van der Waals surface area contributed by atoms with Crippen molar-refractivity contribution in [1.82, 2.24) is 14.5 Å². The molecule has 0 aliphatic heterocycles. The molecule has 3 aromatic rings. The number of rotatable bonds is 6. The maximum atomic E-state index is 13.2. The zero-order chi connectivity index (χ0) is 23.2. The Bertz CT molecular complexity index is 1280. The number of aromatic nitrogens is 3. The van der Waals surface area contributed by atoms with Gasteiger partial charge in [-0.1, -0.05) is 17.7 Å². The minimum absolute atomic E-state index is 0.0877. The fourth-order valence-corrected chi connectivity index (χ4v) is 4.19. The average Bonchev–Trinajstić information content (AvgIpc) is 3.57. The number of benzene rings is 1. The number of carbonyl (C=O) groups is 1. The van der Waals surface area contributed by atoms with Crippen molar-refractivity contribution in [1.29, 1.82) is 0 Å². The summed E-state index contributed by atoms with van der Waals surface area (Å²) in [6, 6.07) is 6.82. The largest absolute Gasteiger partial charge is 0.464 e. The number of hydrogen-bond acceptors (Lipinski definition) is 7. The molecular weight excluding hydrogens is 432 g/mol. The Morgan fingerprint density at radius 3 is 2.59 bits per heavy atom. The lowest BCUT2D eigenvalue weighted by Gasteiger charge is -2.22. The molecule has 2 heterocycles. The molecule has 0 bridgehead atoms. The van der Waals surface area contributed by atoms with Crippen molar-refractivity contribution < 1.29 is 14.3 Å². The molecule has 1 saturated carbocycles. The van der Waals surface area contributed by atoms with E-state index in [1.807, 2.05) is 26.0 Å². The molecule has 1 aliphatic rings. The second kappa shape index (κ2) is 8.18. The van der Waals surface area contributed by atoms with Crippen LogP contribution >= 0.6 is 11.6 Å². The third-order valence-corrected chi connectivity index (χ3v) is 6.15. The maximum Gasteiger partial charge on any atom is 0.358 e. The Labute approximate surface area is 190 Å². The molecule has 1 fully saturated rings. The van der Waals surface area contributed by atoms with Gasteiger partial charge in [-0.3, -0.25) is 9.36 Å². The standard InChI is InChI=1S/C23H25ClN4O4/c1-12-10-14(13(2)25-16-6-7-17(24)26-19(16)21(30)31-4)18-15(11-12)20(29)28(3)22(27-18)23(32-5)8-9-23/h6-7,10-11,13,25H,8-9H2,1-5H3. The molecule has 168 valence electrons. The summed E-state index contributed by atoms with van der Waals surface area (Å²) in [7, 11) is 4.66. The zero-order valence-electron chi connectivity index (χ0n) is 18.7. The molecule has 0 spiro atoms. The molecular formula is C23H25ClN4O4.